The quantitative estimate of drug-likeness (QED) is 0.373. The number of aromatic nitrogens is 1. The standard InChI is InChI=1S/C23H32N6O/c1-16(11-17(2)29-25)15-30-22-4-3-18(12-20(22)14-24)19-5-10-27-23(13-19)28-21-6-8-26-9-7-21/h3-5,10,12-13,16-17,21,26,29H,6-9,11,15,25H2,1-2H3,(H,27,28). The summed E-state index contributed by atoms with van der Waals surface area (Å²) in [5.41, 5.74) is 5.29. The molecule has 0 spiro atoms. The summed E-state index contributed by atoms with van der Waals surface area (Å²) in [6.45, 7) is 6.76. The van der Waals surface area contributed by atoms with Crippen molar-refractivity contribution in [3.63, 3.8) is 0 Å². The molecule has 160 valence electrons. The molecule has 7 nitrogen and oxygen atoms in total. The van der Waals surface area contributed by atoms with Crippen molar-refractivity contribution in [2.45, 2.75) is 45.2 Å². The highest BCUT2D eigenvalue weighted by Crippen LogP contribution is 2.28. The van der Waals surface area contributed by atoms with Gasteiger partial charge in [-0.3, -0.25) is 11.3 Å². The molecule has 7 heteroatoms. The van der Waals surface area contributed by atoms with Gasteiger partial charge in [0.25, 0.3) is 0 Å². The Morgan fingerprint density at radius 2 is 2.00 bits per heavy atom. The molecular formula is C23H32N6O. The highest BCUT2D eigenvalue weighted by Gasteiger charge is 2.14. The molecule has 3 rings (SSSR count). The summed E-state index contributed by atoms with van der Waals surface area (Å²) in [6.07, 6.45) is 4.90. The summed E-state index contributed by atoms with van der Waals surface area (Å²) in [7, 11) is 0. The minimum Gasteiger partial charge on any atom is -0.492 e. The van der Waals surface area contributed by atoms with Crippen molar-refractivity contribution in [3.05, 3.63) is 42.1 Å². The molecule has 1 aromatic heterocycles. The van der Waals surface area contributed by atoms with E-state index < -0.39 is 0 Å². The summed E-state index contributed by atoms with van der Waals surface area (Å²) >= 11 is 0. The average molecular weight is 409 g/mol. The van der Waals surface area contributed by atoms with Crippen LogP contribution in [-0.4, -0.2) is 36.8 Å². The fraction of sp³-hybridized carbons (Fsp3) is 0.478. The number of nitrogens with one attached hydrogen (secondary N) is 3. The smallest absolute Gasteiger partial charge is 0.137 e. The second kappa shape index (κ2) is 10.9. The molecule has 2 atom stereocenters. The van der Waals surface area contributed by atoms with Gasteiger partial charge in [0.2, 0.25) is 0 Å². The Labute approximate surface area is 179 Å². The summed E-state index contributed by atoms with van der Waals surface area (Å²) in [4.78, 5) is 4.46. The topological polar surface area (TPSA) is 108 Å². The van der Waals surface area contributed by atoms with Crippen LogP contribution in [0.4, 0.5) is 5.82 Å². The molecule has 1 fully saturated rings. The summed E-state index contributed by atoms with van der Waals surface area (Å²) in [5.74, 6) is 7.27. The van der Waals surface area contributed by atoms with Crippen molar-refractivity contribution >= 4 is 5.82 Å². The van der Waals surface area contributed by atoms with E-state index in [0.29, 0.717) is 29.9 Å². The summed E-state index contributed by atoms with van der Waals surface area (Å²) in [5, 5.41) is 16.5. The molecule has 2 aromatic rings. The number of pyridine rings is 1. The van der Waals surface area contributed by atoms with Gasteiger partial charge in [-0.2, -0.15) is 5.26 Å². The third-order valence-electron chi connectivity index (χ3n) is 5.45. The first-order chi connectivity index (χ1) is 14.6. The zero-order valence-electron chi connectivity index (χ0n) is 17.8. The van der Waals surface area contributed by atoms with Gasteiger partial charge in [-0.05, 0) is 80.6 Å². The minimum absolute atomic E-state index is 0.223. The predicted octanol–water partition coefficient (Wildman–Crippen LogP) is 3.04. The molecule has 0 radical (unpaired) electrons. The van der Waals surface area contributed by atoms with E-state index in [2.05, 4.69) is 34.0 Å². The van der Waals surface area contributed by atoms with Crippen LogP contribution in [0.2, 0.25) is 0 Å². The van der Waals surface area contributed by atoms with E-state index in [-0.39, 0.29) is 6.04 Å². The van der Waals surface area contributed by atoms with Gasteiger partial charge in [-0.25, -0.2) is 4.98 Å². The lowest BCUT2D eigenvalue weighted by Gasteiger charge is -2.24. The number of benzene rings is 1. The molecule has 1 aliphatic heterocycles. The Morgan fingerprint density at radius 1 is 1.23 bits per heavy atom. The van der Waals surface area contributed by atoms with Gasteiger partial charge >= 0.3 is 0 Å². The molecule has 1 aromatic carbocycles. The maximum Gasteiger partial charge on any atom is 0.137 e. The molecule has 0 bridgehead atoms. The van der Waals surface area contributed by atoms with E-state index in [1.54, 1.807) is 0 Å². The Hall–Kier alpha value is -2.66. The number of anilines is 1. The Bertz CT molecular complexity index is 859. The van der Waals surface area contributed by atoms with Gasteiger partial charge in [0.15, 0.2) is 0 Å². The average Bonchev–Trinajstić information content (AvgIpc) is 2.78. The van der Waals surface area contributed by atoms with Crippen molar-refractivity contribution in [2.75, 3.05) is 25.0 Å². The van der Waals surface area contributed by atoms with Crippen LogP contribution in [-0.2, 0) is 0 Å². The first-order valence-electron chi connectivity index (χ1n) is 10.7. The largest absolute Gasteiger partial charge is 0.492 e. The molecule has 0 saturated carbocycles. The highest BCUT2D eigenvalue weighted by molar-refractivity contribution is 5.69. The van der Waals surface area contributed by atoms with Crippen molar-refractivity contribution < 1.29 is 4.74 Å². The highest BCUT2D eigenvalue weighted by atomic mass is 16.5. The second-order valence-electron chi connectivity index (χ2n) is 8.14. The van der Waals surface area contributed by atoms with Gasteiger partial charge in [-0.1, -0.05) is 13.0 Å². The third-order valence-corrected chi connectivity index (χ3v) is 5.45. The fourth-order valence-corrected chi connectivity index (χ4v) is 3.76. The third kappa shape index (κ3) is 6.17. The van der Waals surface area contributed by atoms with Crippen LogP contribution >= 0.6 is 0 Å². The number of ether oxygens (including phenoxy) is 1. The number of nitriles is 1. The lowest BCUT2D eigenvalue weighted by atomic mass is 10.0. The van der Waals surface area contributed by atoms with Crippen LogP contribution < -0.4 is 26.6 Å². The molecule has 1 aliphatic rings. The van der Waals surface area contributed by atoms with E-state index in [4.69, 9.17) is 10.6 Å². The van der Waals surface area contributed by atoms with Crippen molar-refractivity contribution in [1.29, 1.82) is 5.26 Å². The van der Waals surface area contributed by atoms with Crippen molar-refractivity contribution in [1.82, 2.24) is 15.7 Å². The van der Waals surface area contributed by atoms with Crippen molar-refractivity contribution in [3.8, 4) is 22.9 Å². The number of hydrazine groups is 1. The minimum atomic E-state index is 0.223. The predicted molar refractivity (Wildman–Crippen MR) is 120 cm³/mol. The van der Waals surface area contributed by atoms with Gasteiger partial charge in [-0.15, -0.1) is 0 Å². The lowest BCUT2D eigenvalue weighted by Crippen LogP contribution is -2.35. The number of hydrogen-bond donors (Lipinski definition) is 4. The molecule has 1 saturated heterocycles. The number of nitrogens with two attached hydrogens (primary N) is 1. The summed E-state index contributed by atoms with van der Waals surface area (Å²) in [6, 6.07) is 12.7. The first-order valence-corrected chi connectivity index (χ1v) is 10.7. The number of rotatable bonds is 9. The van der Waals surface area contributed by atoms with E-state index in [9.17, 15) is 5.26 Å². The normalized spacial score (nSPS) is 16.5. The van der Waals surface area contributed by atoms with Gasteiger partial charge in [0, 0.05) is 18.3 Å². The van der Waals surface area contributed by atoms with Crippen LogP contribution in [0.5, 0.6) is 5.75 Å². The fourth-order valence-electron chi connectivity index (χ4n) is 3.76. The molecule has 2 unspecified atom stereocenters. The van der Waals surface area contributed by atoms with E-state index in [1.165, 1.54) is 0 Å². The number of hydrogen-bond acceptors (Lipinski definition) is 7. The molecule has 0 amide bonds. The van der Waals surface area contributed by atoms with Crippen LogP contribution in [0.3, 0.4) is 0 Å². The monoisotopic (exact) mass is 408 g/mol. The Kier molecular flexibility index (Phi) is 8.03. The van der Waals surface area contributed by atoms with Gasteiger partial charge in [0.05, 0.1) is 12.2 Å². The van der Waals surface area contributed by atoms with E-state index in [0.717, 1.165) is 49.3 Å². The maximum absolute atomic E-state index is 9.62. The molecule has 30 heavy (non-hydrogen) atoms. The van der Waals surface area contributed by atoms with Crippen LogP contribution in [0.15, 0.2) is 36.5 Å². The van der Waals surface area contributed by atoms with E-state index >= 15 is 0 Å². The van der Waals surface area contributed by atoms with Crippen LogP contribution in [0.25, 0.3) is 11.1 Å². The molecular weight excluding hydrogens is 376 g/mol. The first kappa shape index (κ1) is 22.0. The maximum atomic E-state index is 9.62. The van der Waals surface area contributed by atoms with Gasteiger partial charge in [0.1, 0.15) is 17.6 Å². The Morgan fingerprint density at radius 3 is 2.73 bits per heavy atom. The molecule has 0 aliphatic carbocycles. The number of piperidine rings is 1. The Balaban J connectivity index is 1.68. The number of nitrogens with zero attached hydrogens (tertiary/aromatic N) is 2. The zero-order valence-corrected chi connectivity index (χ0v) is 17.8. The molecule has 5 N–H and O–H groups in total. The molecule has 2 heterocycles. The SMILES string of the molecule is CC(COc1ccc(-c2ccnc(NC3CCNCC3)c2)cc1C#N)CC(C)NN. The lowest BCUT2D eigenvalue weighted by molar-refractivity contribution is 0.240. The van der Waals surface area contributed by atoms with Crippen LogP contribution in [0.1, 0.15) is 38.7 Å². The second-order valence-corrected chi connectivity index (χ2v) is 8.14. The van der Waals surface area contributed by atoms with Gasteiger partial charge < -0.3 is 15.4 Å². The zero-order chi connectivity index (χ0) is 21.3. The summed E-state index contributed by atoms with van der Waals surface area (Å²) < 4.78 is 5.93. The van der Waals surface area contributed by atoms with Crippen LogP contribution in [0, 0.1) is 17.2 Å². The van der Waals surface area contributed by atoms with E-state index in [1.807, 2.05) is 43.5 Å². The van der Waals surface area contributed by atoms with Crippen molar-refractivity contribution in [2.24, 2.45) is 11.8 Å².